The lowest BCUT2D eigenvalue weighted by Crippen LogP contribution is -2.11. The first kappa shape index (κ1) is 13.4. The molecule has 0 unspecified atom stereocenters. The van der Waals surface area contributed by atoms with Gasteiger partial charge in [0.25, 0.3) is 0 Å². The van der Waals surface area contributed by atoms with Crippen LogP contribution in [-0.4, -0.2) is 11.0 Å². The highest BCUT2D eigenvalue weighted by atomic mass is 32.2. The van der Waals surface area contributed by atoms with Crippen LogP contribution in [0.4, 0.5) is 4.39 Å². The van der Waals surface area contributed by atoms with E-state index >= 15 is 0 Å². The SMILES string of the molecule is NC(=O)c1ccc(F)c(CSc2cccc(O)c2)c1. The molecule has 3 nitrogen and oxygen atoms in total. The van der Waals surface area contributed by atoms with Crippen molar-refractivity contribution >= 4 is 17.7 Å². The summed E-state index contributed by atoms with van der Waals surface area (Å²) in [6.07, 6.45) is 0. The monoisotopic (exact) mass is 277 g/mol. The number of nitrogens with two attached hydrogens (primary N) is 1. The molecule has 0 aliphatic heterocycles. The van der Waals surface area contributed by atoms with E-state index in [0.29, 0.717) is 11.3 Å². The van der Waals surface area contributed by atoms with Gasteiger partial charge >= 0.3 is 0 Å². The zero-order valence-electron chi connectivity index (χ0n) is 9.97. The maximum atomic E-state index is 13.6. The third-order valence-corrected chi connectivity index (χ3v) is 3.58. The number of hydrogen-bond acceptors (Lipinski definition) is 3. The lowest BCUT2D eigenvalue weighted by atomic mass is 10.1. The van der Waals surface area contributed by atoms with Crippen LogP contribution >= 0.6 is 11.8 Å². The van der Waals surface area contributed by atoms with Crippen LogP contribution in [0.3, 0.4) is 0 Å². The third-order valence-electron chi connectivity index (χ3n) is 2.54. The van der Waals surface area contributed by atoms with Gasteiger partial charge in [0.2, 0.25) is 5.91 Å². The van der Waals surface area contributed by atoms with Gasteiger partial charge in [-0.1, -0.05) is 6.07 Å². The molecule has 2 rings (SSSR count). The minimum atomic E-state index is -0.580. The summed E-state index contributed by atoms with van der Waals surface area (Å²) in [5, 5.41) is 9.33. The highest BCUT2D eigenvalue weighted by molar-refractivity contribution is 7.98. The Labute approximate surface area is 114 Å². The molecule has 98 valence electrons. The summed E-state index contributed by atoms with van der Waals surface area (Å²) in [5.41, 5.74) is 5.85. The minimum Gasteiger partial charge on any atom is -0.508 e. The van der Waals surface area contributed by atoms with Crippen molar-refractivity contribution in [3.63, 3.8) is 0 Å². The van der Waals surface area contributed by atoms with Crippen molar-refractivity contribution < 1.29 is 14.3 Å². The Hall–Kier alpha value is -2.01. The number of primary amides is 1. The van der Waals surface area contributed by atoms with Crippen LogP contribution < -0.4 is 5.73 Å². The molecule has 2 aromatic rings. The second-order valence-electron chi connectivity index (χ2n) is 3.96. The van der Waals surface area contributed by atoms with Crippen molar-refractivity contribution in [1.29, 1.82) is 0 Å². The lowest BCUT2D eigenvalue weighted by molar-refractivity contribution is 0.1000. The van der Waals surface area contributed by atoms with E-state index in [4.69, 9.17) is 5.73 Å². The number of rotatable bonds is 4. The van der Waals surface area contributed by atoms with Crippen LogP contribution in [0.1, 0.15) is 15.9 Å². The average molecular weight is 277 g/mol. The molecule has 0 aliphatic rings. The third kappa shape index (κ3) is 3.48. The molecule has 0 saturated heterocycles. The quantitative estimate of drug-likeness (QED) is 0.845. The molecule has 0 fully saturated rings. The first-order chi connectivity index (χ1) is 9.06. The number of phenolic OH excluding ortho intramolecular Hbond substituents is 1. The molecule has 2 aromatic carbocycles. The number of hydrogen-bond donors (Lipinski definition) is 2. The van der Waals surface area contributed by atoms with Crippen LogP contribution in [0.25, 0.3) is 0 Å². The first-order valence-electron chi connectivity index (χ1n) is 5.56. The van der Waals surface area contributed by atoms with E-state index in [1.54, 1.807) is 18.2 Å². The van der Waals surface area contributed by atoms with Gasteiger partial charge in [-0.3, -0.25) is 4.79 Å². The van der Waals surface area contributed by atoms with Crippen LogP contribution in [-0.2, 0) is 5.75 Å². The topological polar surface area (TPSA) is 63.3 Å². The van der Waals surface area contributed by atoms with E-state index in [1.165, 1.54) is 30.0 Å². The van der Waals surface area contributed by atoms with Gasteiger partial charge in [0.1, 0.15) is 11.6 Å². The molecule has 0 radical (unpaired) electrons. The van der Waals surface area contributed by atoms with Crippen molar-refractivity contribution in [1.82, 2.24) is 0 Å². The fraction of sp³-hybridized carbons (Fsp3) is 0.0714. The van der Waals surface area contributed by atoms with Crippen molar-refractivity contribution in [2.75, 3.05) is 0 Å². The van der Waals surface area contributed by atoms with Crippen molar-refractivity contribution in [3.8, 4) is 5.75 Å². The maximum Gasteiger partial charge on any atom is 0.248 e. The van der Waals surface area contributed by atoms with Crippen molar-refractivity contribution in [2.24, 2.45) is 5.73 Å². The molecule has 0 aliphatic carbocycles. The van der Waals surface area contributed by atoms with Gasteiger partial charge in [-0.2, -0.15) is 0 Å². The molecule has 0 atom stereocenters. The Kier molecular flexibility index (Phi) is 4.06. The average Bonchev–Trinajstić information content (AvgIpc) is 2.37. The summed E-state index contributed by atoms with van der Waals surface area (Å²) in [6, 6.07) is 10.7. The second-order valence-corrected chi connectivity index (χ2v) is 5.01. The van der Waals surface area contributed by atoms with E-state index in [0.717, 1.165) is 4.90 Å². The van der Waals surface area contributed by atoms with Crippen LogP contribution in [0.15, 0.2) is 47.4 Å². The number of benzene rings is 2. The van der Waals surface area contributed by atoms with Gasteiger partial charge in [-0.25, -0.2) is 4.39 Å². The Balaban J connectivity index is 2.15. The largest absolute Gasteiger partial charge is 0.508 e. The molecule has 1 amide bonds. The summed E-state index contributed by atoms with van der Waals surface area (Å²) in [7, 11) is 0. The summed E-state index contributed by atoms with van der Waals surface area (Å²) in [5.74, 6) is -0.436. The zero-order valence-corrected chi connectivity index (χ0v) is 10.8. The highest BCUT2D eigenvalue weighted by Gasteiger charge is 2.07. The summed E-state index contributed by atoms with van der Waals surface area (Å²) in [4.78, 5) is 11.9. The molecule has 0 bridgehead atoms. The van der Waals surface area contributed by atoms with Gasteiger partial charge in [-0.05, 0) is 42.0 Å². The molecular weight excluding hydrogens is 265 g/mol. The molecule has 0 heterocycles. The fourth-order valence-corrected chi connectivity index (χ4v) is 2.50. The Morgan fingerprint density at radius 2 is 2.05 bits per heavy atom. The summed E-state index contributed by atoms with van der Waals surface area (Å²) in [6.45, 7) is 0. The van der Waals surface area contributed by atoms with Gasteiger partial charge in [0, 0.05) is 16.2 Å². The van der Waals surface area contributed by atoms with E-state index in [-0.39, 0.29) is 17.1 Å². The molecular formula is C14H12FNO2S. The van der Waals surface area contributed by atoms with Gasteiger partial charge < -0.3 is 10.8 Å². The van der Waals surface area contributed by atoms with E-state index < -0.39 is 5.91 Å². The smallest absolute Gasteiger partial charge is 0.248 e. The number of carbonyl (C=O) groups is 1. The minimum absolute atomic E-state index is 0.163. The van der Waals surface area contributed by atoms with Crippen LogP contribution in [0, 0.1) is 5.82 Å². The van der Waals surface area contributed by atoms with Crippen molar-refractivity contribution in [3.05, 3.63) is 59.4 Å². The predicted molar refractivity (Wildman–Crippen MR) is 72.6 cm³/mol. The molecule has 5 heteroatoms. The molecule has 3 N–H and O–H groups in total. The highest BCUT2D eigenvalue weighted by Crippen LogP contribution is 2.26. The van der Waals surface area contributed by atoms with Gasteiger partial charge in [0.05, 0.1) is 0 Å². The number of halogens is 1. The van der Waals surface area contributed by atoms with Crippen LogP contribution in [0.5, 0.6) is 5.75 Å². The van der Waals surface area contributed by atoms with Gasteiger partial charge in [0.15, 0.2) is 0 Å². The van der Waals surface area contributed by atoms with E-state index in [1.807, 2.05) is 6.07 Å². The Morgan fingerprint density at radius 1 is 1.26 bits per heavy atom. The number of thioether (sulfide) groups is 1. The standard InChI is InChI=1S/C14H12FNO2S/c15-13-5-4-9(14(16)18)6-10(13)8-19-12-3-1-2-11(17)7-12/h1-7,17H,8H2,(H2,16,18). The first-order valence-corrected chi connectivity index (χ1v) is 6.55. The van der Waals surface area contributed by atoms with Crippen LogP contribution in [0.2, 0.25) is 0 Å². The Morgan fingerprint density at radius 3 is 2.74 bits per heavy atom. The molecule has 0 saturated carbocycles. The summed E-state index contributed by atoms with van der Waals surface area (Å²) < 4.78 is 13.6. The number of carbonyl (C=O) groups excluding carboxylic acids is 1. The normalized spacial score (nSPS) is 10.4. The summed E-state index contributed by atoms with van der Waals surface area (Å²) >= 11 is 1.37. The second kappa shape index (κ2) is 5.75. The molecule has 0 spiro atoms. The molecule has 19 heavy (non-hydrogen) atoms. The predicted octanol–water partition coefficient (Wildman–Crippen LogP) is 2.92. The maximum absolute atomic E-state index is 13.6. The zero-order chi connectivity index (χ0) is 13.8. The molecule has 0 aromatic heterocycles. The number of aromatic hydroxyl groups is 1. The van der Waals surface area contributed by atoms with Crippen molar-refractivity contribution in [2.45, 2.75) is 10.6 Å². The number of amides is 1. The Bertz CT molecular complexity index is 616. The fourth-order valence-electron chi connectivity index (χ4n) is 1.57. The van der Waals surface area contributed by atoms with E-state index in [2.05, 4.69) is 0 Å². The lowest BCUT2D eigenvalue weighted by Gasteiger charge is -2.05. The van der Waals surface area contributed by atoms with E-state index in [9.17, 15) is 14.3 Å². The number of phenols is 1. The van der Waals surface area contributed by atoms with Gasteiger partial charge in [-0.15, -0.1) is 11.8 Å².